The number of aromatic nitrogens is 2. The standard InChI is InChI=1S/C18H27N5OS.HI/c1-3-19-18(21-11-9-16-14-25-15(2)22-16)20-10-5-7-13-23-12-6-4-8-17(23)24;/h4,6,8,12,14H,3,5,7,9-11,13H2,1-2H3,(H2,19,20,21);1H. The molecular formula is C18H28IN5OS. The van der Waals surface area contributed by atoms with Crippen LogP contribution < -0.4 is 16.2 Å². The summed E-state index contributed by atoms with van der Waals surface area (Å²) >= 11 is 1.68. The normalized spacial score (nSPS) is 11.1. The van der Waals surface area contributed by atoms with E-state index in [9.17, 15) is 4.79 Å². The molecule has 144 valence electrons. The quantitative estimate of drug-likeness (QED) is 0.246. The molecule has 0 saturated heterocycles. The van der Waals surface area contributed by atoms with Crippen LogP contribution in [0.3, 0.4) is 0 Å². The number of nitrogens with zero attached hydrogens (tertiary/aromatic N) is 3. The number of nitrogens with one attached hydrogen (secondary N) is 2. The SMILES string of the molecule is CCNC(=NCCCCn1ccccc1=O)NCCc1csc(C)n1.I. The Balaban J connectivity index is 0.00000338. The Hall–Kier alpha value is -1.42. The molecule has 0 aliphatic rings. The van der Waals surface area contributed by atoms with E-state index in [4.69, 9.17) is 0 Å². The molecule has 2 rings (SSSR count). The van der Waals surface area contributed by atoms with Gasteiger partial charge < -0.3 is 15.2 Å². The molecule has 0 aromatic carbocycles. The minimum absolute atomic E-state index is 0. The summed E-state index contributed by atoms with van der Waals surface area (Å²) in [5.74, 6) is 0.839. The van der Waals surface area contributed by atoms with Crippen LogP contribution in [0.1, 0.15) is 30.5 Å². The summed E-state index contributed by atoms with van der Waals surface area (Å²) in [5.41, 5.74) is 1.18. The van der Waals surface area contributed by atoms with Gasteiger partial charge in [0.15, 0.2) is 5.96 Å². The van der Waals surface area contributed by atoms with E-state index in [0.717, 1.165) is 62.1 Å². The largest absolute Gasteiger partial charge is 0.357 e. The predicted molar refractivity (Wildman–Crippen MR) is 120 cm³/mol. The third-order valence-corrected chi connectivity index (χ3v) is 4.48. The monoisotopic (exact) mass is 489 g/mol. The van der Waals surface area contributed by atoms with Gasteiger partial charge in [-0.1, -0.05) is 6.07 Å². The van der Waals surface area contributed by atoms with E-state index in [-0.39, 0.29) is 29.5 Å². The molecule has 2 aromatic heterocycles. The van der Waals surface area contributed by atoms with Gasteiger partial charge in [0.25, 0.3) is 0 Å². The van der Waals surface area contributed by atoms with Gasteiger partial charge in [-0.3, -0.25) is 9.79 Å². The number of hydrogen-bond acceptors (Lipinski definition) is 4. The van der Waals surface area contributed by atoms with Crippen molar-refractivity contribution in [1.29, 1.82) is 0 Å². The molecule has 26 heavy (non-hydrogen) atoms. The first-order valence-corrected chi connectivity index (χ1v) is 9.65. The van der Waals surface area contributed by atoms with Crippen molar-refractivity contribution in [2.24, 2.45) is 4.99 Å². The van der Waals surface area contributed by atoms with Gasteiger partial charge in [-0.25, -0.2) is 4.98 Å². The van der Waals surface area contributed by atoms with Gasteiger partial charge in [0, 0.05) is 50.2 Å². The number of halogens is 1. The van der Waals surface area contributed by atoms with Crippen molar-refractivity contribution in [2.75, 3.05) is 19.6 Å². The minimum Gasteiger partial charge on any atom is -0.357 e. The average Bonchev–Trinajstić information content (AvgIpc) is 3.01. The Morgan fingerprint density at radius 3 is 2.85 bits per heavy atom. The summed E-state index contributed by atoms with van der Waals surface area (Å²) in [6.45, 7) is 7.21. The third kappa shape index (κ3) is 8.31. The van der Waals surface area contributed by atoms with Crippen molar-refractivity contribution >= 4 is 41.3 Å². The Morgan fingerprint density at radius 2 is 2.15 bits per heavy atom. The average molecular weight is 489 g/mol. The lowest BCUT2D eigenvalue weighted by Crippen LogP contribution is -2.38. The number of pyridine rings is 1. The summed E-state index contributed by atoms with van der Waals surface area (Å²) in [6, 6.07) is 5.25. The van der Waals surface area contributed by atoms with E-state index < -0.39 is 0 Å². The van der Waals surface area contributed by atoms with Crippen molar-refractivity contribution in [3.63, 3.8) is 0 Å². The maximum absolute atomic E-state index is 11.6. The lowest BCUT2D eigenvalue weighted by atomic mass is 10.3. The zero-order valence-electron chi connectivity index (χ0n) is 15.4. The van der Waals surface area contributed by atoms with E-state index in [1.54, 1.807) is 28.0 Å². The van der Waals surface area contributed by atoms with Gasteiger partial charge in [0.05, 0.1) is 10.7 Å². The molecule has 0 fully saturated rings. The second-order valence-corrected chi connectivity index (χ2v) is 6.80. The smallest absolute Gasteiger partial charge is 0.250 e. The molecular weight excluding hydrogens is 461 g/mol. The maximum atomic E-state index is 11.6. The van der Waals surface area contributed by atoms with Crippen LogP contribution in [0.4, 0.5) is 0 Å². The van der Waals surface area contributed by atoms with Gasteiger partial charge in [-0.2, -0.15) is 0 Å². The number of thiazole rings is 1. The van der Waals surface area contributed by atoms with Crippen LogP contribution in [0.25, 0.3) is 0 Å². The Bertz CT molecular complexity index is 728. The highest BCUT2D eigenvalue weighted by atomic mass is 127. The fourth-order valence-electron chi connectivity index (χ4n) is 2.40. The summed E-state index contributed by atoms with van der Waals surface area (Å²) in [4.78, 5) is 20.7. The summed E-state index contributed by atoms with van der Waals surface area (Å²) in [5, 5.41) is 9.81. The molecule has 0 unspecified atom stereocenters. The summed E-state index contributed by atoms with van der Waals surface area (Å²) < 4.78 is 1.74. The fourth-order valence-corrected chi connectivity index (χ4v) is 3.05. The Kier molecular flexibility index (Phi) is 11.2. The van der Waals surface area contributed by atoms with Gasteiger partial charge >= 0.3 is 0 Å². The number of aryl methyl sites for hydroxylation is 2. The van der Waals surface area contributed by atoms with Crippen molar-refractivity contribution in [2.45, 2.75) is 39.7 Å². The lowest BCUT2D eigenvalue weighted by molar-refractivity contribution is 0.597. The molecule has 6 nitrogen and oxygen atoms in total. The van der Waals surface area contributed by atoms with E-state index in [0.29, 0.717) is 0 Å². The van der Waals surface area contributed by atoms with Crippen molar-refractivity contribution in [1.82, 2.24) is 20.2 Å². The molecule has 0 saturated carbocycles. The van der Waals surface area contributed by atoms with Crippen LogP contribution in [-0.2, 0) is 13.0 Å². The lowest BCUT2D eigenvalue weighted by Gasteiger charge is -2.10. The molecule has 2 heterocycles. The fraction of sp³-hybridized carbons (Fsp3) is 0.500. The molecule has 0 amide bonds. The highest BCUT2D eigenvalue weighted by Crippen LogP contribution is 2.07. The van der Waals surface area contributed by atoms with E-state index in [2.05, 4.69) is 32.9 Å². The highest BCUT2D eigenvalue weighted by molar-refractivity contribution is 14.0. The molecule has 2 N–H and O–H groups in total. The molecule has 8 heteroatoms. The third-order valence-electron chi connectivity index (χ3n) is 3.66. The van der Waals surface area contributed by atoms with Gasteiger partial charge in [0.2, 0.25) is 5.56 Å². The number of aliphatic imine (C=N–C) groups is 1. The minimum atomic E-state index is 0. The molecule has 0 spiro atoms. The first kappa shape index (κ1) is 22.6. The molecule has 0 radical (unpaired) electrons. The van der Waals surface area contributed by atoms with Gasteiger partial charge in [0.1, 0.15) is 0 Å². The Labute approximate surface area is 176 Å². The van der Waals surface area contributed by atoms with E-state index in [1.807, 2.05) is 19.2 Å². The van der Waals surface area contributed by atoms with E-state index >= 15 is 0 Å². The topological polar surface area (TPSA) is 71.3 Å². The first-order chi connectivity index (χ1) is 12.2. The van der Waals surface area contributed by atoms with E-state index in [1.165, 1.54) is 0 Å². The van der Waals surface area contributed by atoms with Crippen LogP contribution in [0.5, 0.6) is 0 Å². The second-order valence-electron chi connectivity index (χ2n) is 5.73. The van der Waals surface area contributed by atoms with Gasteiger partial charge in [-0.05, 0) is 32.8 Å². The summed E-state index contributed by atoms with van der Waals surface area (Å²) in [7, 11) is 0. The zero-order chi connectivity index (χ0) is 17.9. The zero-order valence-corrected chi connectivity index (χ0v) is 18.5. The van der Waals surface area contributed by atoms with Crippen LogP contribution >= 0.6 is 35.3 Å². The number of rotatable bonds is 9. The van der Waals surface area contributed by atoms with Gasteiger partial charge in [-0.15, -0.1) is 35.3 Å². The van der Waals surface area contributed by atoms with Crippen LogP contribution in [0, 0.1) is 6.92 Å². The van der Waals surface area contributed by atoms with Crippen molar-refractivity contribution in [3.05, 3.63) is 50.8 Å². The summed E-state index contributed by atoms with van der Waals surface area (Å²) in [6.07, 6.45) is 4.61. The predicted octanol–water partition coefficient (Wildman–Crippen LogP) is 2.81. The van der Waals surface area contributed by atoms with Crippen LogP contribution in [-0.4, -0.2) is 35.1 Å². The first-order valence-electron chi connectivity index (χ1n) is 8.77. The highest BCUT2D eigenvalue weighted by Gasteiger charge is 2.00. The molecule has 0 aliphatic carbocycles. The second kappa shape index (κ2) is 12.9. The maximum Gasteiger partial charge on any atom is 0.250 e. The molecule has 0 bridgehead atoms. The molecule has 0 aliphatic heterocycles. The van der Waals surface area contributed by atoms with Crippen LogP contribution in [0.15, 0.2) is 39.6 Å². The van der Waals surface area contributed by atoms with Crippen LogP contribution in [0.2, 0.25) is 0 Å². The van der Waals surface area contributed by atoms with Crippen molar-refractivity contribution < 1.29 is 0 Å². The Morgan fingerprint density at radius 1 is 1.31 bits per heavy atom. The number of hydrogen-bond donors (Lipinski definition) is 2. The molecule has 0 atom stereocenters. The van der Waals surface area contributed by atoms with Crippen molar-refractivity contribution in [3.8, 4) is 0 Å². The number of guanidine groups is 1. The number of unbranched alkanes of at least 4 members (excludes halogenated alkanes) is 1. The molecule has 2 aromatic rings.